The molecule has 1 fully saturated rings. The second-order valence-electron chi connectivity index (χ2n) is 2.73. The molecule has 1 saturated heterocycles. The number of carbonyl (C=O) groups excluding carboxylic acids is 2. The van der Waals surface area contributed by atoms with Gasteiger partial charge in [-0.15, -0.1) is 0 Å². The van der Waals surface area contributed by atoms with E-state index in [1.54, 1.807) is 0 Å². The van der Waals surface area contributed by atoms with Crippen LogP contribution in [0.5, 0.6) is 0 Å². The SMILES string of the molecule is CCCC(=O)C1CCC(=O)O1. The largest absolute Gasteiger partial charge is 0.454 e. The van der Waals surface area contributed by atoms with E-state index >= 15 is 0 Å². The van der Waals surface area contributed by atoms with E-state index < -0.39 is 6.10 Å². The van der Waals surface area contributed by atoms with Crippen LogP contribution in [0.4, 0.5) is 0 Å². The van der Waals surface area contributed by atoms with Gasteiger partial charge in [-0.25, -0.2) is 0 Å². The van der Waals surface area contributed by atoms with E-state index in [2.05, 4.69) is 0 Å². The van der Waals surface area contributed by atoms with Crippen molar-refractivity contribution in [2.24, 2.45) is 0 Å². The molecule has 0 aromatic heterocycles. The summed E-state index contributed by atoms with van der Waals surface area (Å²) >= 11 is 0. The third-order valence-corrected chi connectivity index (χ3v) is 1.74. The maximum Gasteiger partial charge on any atom is 0.306 e. The van der Waals surface area contributed by atoms with Crippen LogP contribution in [-0.2, 0) is 14.3 Å². The van der Waals surface area contributed by atoms with Crippen molar-refractivity contribution in [2.45, 2.75) is 38.7 Å². The van der Waals surface area contributed by atoms with Crippen molar-refractivity contribution in [3.05, 3.63) is 0 Å². The fourth-order valence-corrected chi connectivity index (χ4v) is 1.16. The highest BCUT2D eigenvalue weighted by molar-refractivity contribution is 5.87. The van der Waals surface area contributed by atoms with Crippen molar-refractivity contribution in [3.8, 4) is 0 Å². The van der Waals surface area contributed by atoms with Crippen LogP contribution in [0.2, 0.25) is 0 Å². The Morgan fingerprint density at radius 1 is 1.73 bits per heavy atom. The van der Waals surface area contributed by atoms with Crippen LogP contribution in [0.25, 0.3) is 0 Å². The first kappa shape index (κ1) is 8.24. The van der Waals surface area contributed by atoms with Crippen LogP contribution in [0.1, 0.15) is 32.6 Å². The monoisotopic (exact) mass is 156 g/mol. The minimum Gasteiger partial charge on any atom is -0.454 e. The summed E-state index contributed by atoms with van der Waals surface area (Å²) in [4.78, 5) is 21.7. The molecule has 3 nitrogen and oxygen atoms in total. The summed E-state index contributed by atoms with van der Waals surface area (Å²) in [7, 11) is 0. The van der Waals surface area contributed by atoms with Gasteiger partial charge in [-0.05, 0) is 6.42 Å². The zero-order chi connectivity index (χ0) is 8.27. The van der Waals surface area contributed by atoms with Crippen molar-refractivity contribution >= 4 is 11.8 Å². The maximum atomic E-state index is 11.1. The first-order valence-electron chi connectivity index (χ1n) is 3.96. The first-order chi connectivity index (χ1) is 5.24. The van der Waals surface area contributed by atoms with Crippen LogP contribution in [0.3, 0.4) is 0 Å². The fourth-order valence-electron chi connectivity index (χ4n) is 1.16. The van der Waals surface area contributed by atoms with E-state index in [0.29, 0.717) is 19.3 Å². The minimum atomic E-state index is -0.428. The quantitative estimate of drug-likeness (QED) is 0.574. The van der Waals surface area contributed by atoms with Crippen molar-refractivity contribution in [1.82, 2.24) is 0 Å². The number of ketones is 1. The molecular formula is C8H12O3. The molecule has 3 heteroatoms. The molecule has 0 spiro atoms. The summed E-state index contributed by atoms with van der Waals surface area (Å²) in [5.74, 6) is -0.169. The summed E-state index contributed by atoms with van der Waals surface area (Å²) in [6, 6.07) is 0. The Morgan fingerprint density at radius 2 is 2.45 bits per heavy atom. The minimum absolute atomic E-state index is 0.0679. The van der Waals surface area contributed by atoms with E-state index in [0.717, 1.165) is 6.42 Å². The van der Waals surface area contributed by atoms with Crippen LogP contribution >= 0.6 is 0 Å². The van der Waals surface area contributed by atoms with E-state index in [-0.39, 0.29) is 11.8 Å². The molecule has 1 aliphatic heterocycles. The van der Waals surface area contributed by atoms with E-state index in [1.807, 2.05) is 6.92 Å². The number of cyclic esters (lactones) is 1. The van der Waals surface area contributed by atoms with Crippen LogP contribution in [-0.4, -0.2) is 17.9 Å². The van der Waals surface area contributed by atoms with Gasteiger partial charge < -0.3 is 4.74 Å². The molecule has 0 aliphatic carbocycles. The predicted molar refractivity (Wildman–Crippen MR) is 39.0 cm³/mol. The fraction of sp³-hybridized carbons (Fsp3) is 0.750. The van der Waals surface area contributed by atoms with Gasteiger partial charge in [0.2, 0.25) is 0 Å². The topological polar surface area (TPSA) is 43.4 Å². The number of rotatable bonds is 3. The average molecular weight is 156 g/mol. The van der Waals surface area contributed by atoms with Crippen LogP contribution in [0.15, 0.2) is 0 Å². The van der Waals surface area contributed by atoms with Gasteiger partial charge in [-0.3, -0.25) is 9.59 Å². The van der Waals surface area contributed by atoms with Gasteiger partial charge in [-0.2, -0.15) is 0 Å². The molecule has 0 aromatic rings. The highest BCUT2D eigenvalue weighted by atomic mass is 16.6. The lowest BCUT2D eigenvalue weighted by Gasteiger charge is -2.05. The van der Waals surface area contributed by atoms with Gasteiger partial charge in [0.05, 0.1) is 0 Å². The number of esters is 1. The summed E-state index contributed by atoms with van der Waals surface area (Å²) in [6.07, 6.45) is 1.91. The number of hydrogen-bond acceptors (Lipinski definition) is 3. The normalized spacial score (nSPS) is 23.4. The zero-order valence-corrected chi connectivity index (χ0v) is 6.63. The van der Waals surface area contributed by atoms with E-state index in [1.165, 1.54) is 0 Å². The highest BCUT2D eigenvalue weighted by Gasteiger charge is 2.28. The molecule has 0 bridgehead atoms. The molecule has 1 heterocycles. The Morgan fingerprint density at radius 3 is 2.91 bits per heavy atom. The van der Waals surface area contributed by atoms with Crippen molar-refractivity contribution in [1.29, 1.82) is 0 Å². The van der Waals surface area contributed by atoms with E-state index in [9.17, 15) is 9.59 Å². The smallest absolute Gasteiger partial charge is 0.306 e. The van der Waals surface area contributed by atoms with Gasteiger partial charge in [0, 0.05) is 19.3 Å². The first-order valence-corrected chi connectivity index (χ1v) is 3.96. The molecule has 0 aromatic carbocycles. The molecule has 1 rings (SSSR count). The lowest BCUT2D eigenvalue weighted by atomic mass is 10.1. The number of Topliss-reactive ketones (excluding diaryl/α,β-unsaturated/α-hetero) is 1. The van der Waals surface area contributed by atoms with Gasteiger partial charge in [0.25, 0.3) is 0 Å². The third-order valence-electron chi connectivity index (χ3n) is 1.74. The molecule has 0 amide bonds. The average Bonchev–Trinajstić information content (AvgIpc) is 2.36. The van der Waals surface area contributed by atoms with Crippen molar-refractivity contribution in [2.75, 3.05) is 0 Å². The predicted octanol–water partition coefficient (Wildman–Crippen LogP) is 1.06. The second kappa shape index (κ2) is 3.51. The number of ether oxygens (including phenoxy) is 1. The summed E-state index contributed by atoms with van der Waals surface area (Å²) in [5.41, 5.74) is 0. The Kier molecular flexibility index (Phi) is 2.63. The maximum absolute atomic E-state index is 11.1. The summed E-state index contributed by atoms with van der Waals surface area (Å²) in [5, 5.41) is 0. The molecule has 1 aliphatic rings. The molecule has 11 heavy (non-hydrogen) atoms. The third kappa shape index (κ3) is 2.03. The van der Waals surface area contributed by atoms with Crippen LogP contribution < -0.4 is 0 Å². The standard InChI is InChI=1S/C8H12O3/c1-2-3-6(9)7-4-5-8(10)11-7/h7H,2-5H2,1H3. The Bertz CT molecular complexity index is 174. The van der Waals surface area contributed by atoms with Crippen molar-refractivity contribution < 1.29 is 14.3 Å². The molecule has 1 atom stereocenters. The second-order valence-corrected chi connectivity index (χ2v) is 2.73. The highest BCUT2D eigenvalue weighted by Crippen LogP contribution is 2.16. The molecule has 1 unspecified atom stereocenters. The Labute approximate surface area is 65.7 Å². The van der Waals surface area contributed by atoms with Gasteiger partial charge in [-0.1, -0.05) is 6.92 Å². The molecule has 0 N–H and O–H groups in total. The Balaban J connectivity index is 2.37. The Hall–Kier alpha value is -0.860. The van der Waals surface area contributed by atoms with E-state index in [4.69, 9.17) is 4.74 Å². The van der Waals surface area contributed by atoms with Crippen molar-refractivity contribution in [3.63, 3.8) is 0 Å². The van der Waals surface area contributed by atoms with Gasteiger partial charge in [0.1, 0.15) is 0 Å². The zero-order valence-electron chi connectivity index (χ0n) is 6.63. The van der Waals surface area contributed by atoms with Crippen LogP contribution in [0, 0.1) is 0 Å². The van der Waals surface area contributed by atoms with Gasteiger partial charge in [0.15, 0.2) is 11.9 Å². The lowest BCUT2D eigenvalue weighted by Crippen LogP contribution is -2.19. The summed E-state index contributed by atoms with van der Waals surface area (Å²) in [6.45, 7) is 1.94. The molecule has 62 valence electrons. The lowest BCUT2D eigenvalue weighted by molar-refractivity contribution is -0.147. The number of carbonyl (C=O) groups is 2. The molecule has 0 radical (unpaired) electrons. The number of hydrogen-bond donors (Lipinski definition) is 0. The summed E-state index contributed by atoms with van der Waals surface area (Å²) < 4.78 is 4.79. The molecular weight excluding hydrogens is 144 g/mol. The molecule has 0 saturated carbocycles. The van der Waals surface area contributed by atoms with Gasteiger partial charge >= 0.3 is 5.97 Å².